The first-order valence-corrected chi connectivity index (χ1v) is 6.18. The second-order valence-electron chi connectivity index (χ2n) is 4.22. The molecule has 2 aromatic rings. The Bertz CT molecular complexity index is 649. The van der Waals surface area contributed by atoms with Crippen LogP contribution in [0, 0.1) is 20.2 Å². The van der Waals surface area contributed by atoms with E-state index in [2.05, 4.69) is 0 Å². The zero-order valence-corrected chi connectivity index (χ0v) is 16.2. The van der Waals surface area contributed by atoms with Crippen LogP contribution in [-0.2, 0) is 16.8 Å². The van der Waals surface area contributed by atoms with Gasteiger partial charge >= 0.3 is 11.9 Å². The van der Waals surface area contributed by atoms with Crippen molar-refractivity contribution < 1.29 is 79.3 Å². The summed E-state index contributed by atoms with van der Waals surface area (Å²) in [5.41, 5.74) is -0.138. The Hall–Kier alpha value is -3.55. The second-order valence-corrected chi connectivity index (χ2v) is 4.22. The van der Waals surface area contributed by atoms with Gasteiger partial charge in [-0.3, -0.25) is 20.2 Å². The molecule has 0 unspecified atom stereocenters. The maximum absolute atomic E-state index is 10.3. The molecule has 16 nitrogen and oxygen atoms in total. The monoisotopic (exact) mass is 501 g/mol. The molecule has 0 fully saturated rings. The number of carboxylic acid groups (broad SMARTS) is 2. The Balaban J connectivity index is -0.0000000606. The van der Waals surface area contributed by atoms with E-state index in [0.29, 0.717) is 0 Å². The van der Waals surface area contributed by atoms with Gasteiger partial charge in [-0.05, 0) is 24.3 Å². The van der Waals surface area contributed by atoms with Crippen molar-refractivity contribution in [3.8, 4) is 0 Å². The summed E-state index contributed by atoms with van der Waals surface area (Å²) in [7, 11) is 0. The average molecular weight is 501 g/mol. The molecule has 0 aliphatic rings. The van der Waals surface area contributed by atoms with E-state index < -0.39 is 21.8 Å². The molecule has 0 aromatic heterocycles. The Morgan fingerprint density at radius 3 is 0.903 bits per heavy atom. The minimum atomic E-state index is -1.09. The number of nitrogens with zero attached hydrogens (tertiary/aromatic N) is 2. The van der Waals surface area contributed by atoms with Crippen molar-refractivity contribution in [2.75, 3.05) is 0 Å². The molecule has 2 rings (SSSR count). The molecule has 0 bridgehead atoms. The molecule has 0 amide bonds. The summed E-state index contributed by atoms with van der Waals surface area (Å²) >= 11 is 0. The molecule has 31 heavy (non-hydrogen) atoms. The maximum Gasteiger partial charge on any atom is 0.335 e. The Morgan fingerprint density at radius 2 is 0.774 bits per heavy atom. The summed E-state index contributed by atoms with van der Waals surface area (Å²) in [6.45, 7) is 0. The maximum atomic E-state index is 10.3. The number of aromatic carboxylic acids is 2. The molecule has 1 radical (unpaired) electrons. The number of carboxylic acids is 2. The van der Waals surface area contributed by atoms with E-state index in [4.69, 9.17) is 10.2 Å². The summed E-state index contributed by atoms with van der Waals surface area (Å²) < 4.78 is 0. The summed E-state index contributed by atoms with van der Waals surface area (Å²) in [5.74, 6) is -2.19. The van der Waals surface area contributed by atoms with Crippen LogP contribution in [0.2, 0.25) is 0 Å². The van der Waals surface area contributed by atoms with Crippen molar-refractivity contribution in [1.82, 2.24) is 0 Å². The predicted molar refractivity (Wildman–Crippen MR) is 102 cm³/mol. The Kier molecular flexibility index (Phi) is 31.3. The number of rotatable bonds is 4. The first kappa shape index (κ1) is 45.9. The number of benzene rings is 2. The number of nitro benzene ring substituents is 2. The SMILES string of the molecule is O.O.O.O.O.O.O=C(O)c1ccc([N+](=O)[O-])cc1.O=C(O)c1ccc([N+](=O)[O-])cc1.[Co]. The fourth-order valence-electron chi connectivity index (χ4n) is 1.45. The van der Waals surface area contributed by atoms with Crippen LogP contribution in [0.15, 0.2) is 48.5 Å². The first-order chi connectivity index (χ1) is 11.2. The van der Waals surface area contributed by atoms with Crippen LogP contribution >= 0.6 is 0 Å². The molecule has 0 saturated carbocycles. The van der Waals surface area contributed by atoms with E-state index >= 15 is 0 Å². The molecule has 181 valence electrons. The van der Waals surface area contributed by atoms with Crippen LogP contribution in [0.1, 0.15) is 20.7 Å². The van der Waals surface area contributed by atoms with Gasteiger partial charge in [0.2, 0.25) is 0 Å². The summed E-state index contributed by atoms with van der Waals surface area (Å²) in [4.78, 5) is 39.7. The van der Waals surface area contributed by atoms with E-state index in [9.17, 15) is 29.8 Å². The third kappa shape index (κ3) is 15.0. The molecule has 0 spiro atoms. The number of non-ortho nitro benzene ring substituents is 2. The van der Waals surface area contributed by atoms with Gasteiger partial charge in [-0.15, -0.1) is 0 Å². The van der Waals surface area contributed by atoms with Crippen molar-refractivity contribution in [2.45, 2.75) is 0 Å². The summed E-state index contributed by atoms with van der Waals surface area (Å²) in [5, 5.41) is 37.2. The van der Waals surface area contributed by atoms with Crippen LogP contribution < -0.4 is 0 Å². The van der Waals surface area contributed by atoms with Gasteiger partial charge in [-0.25, -0.2) is 9.59 Å². The van der Waals surface area contributed by atoms with Gasteiger partial charge in [0.25, 0.3) is 11.4 Å². The van der Waals surface area contributed by atoms with E-state index in [-0.39, 0.29) is 72.1 Å². The summed E-state index contributed by atoms with van der Waals surface area (Å²) in [6, 6.07) is 9.40. The zero-order chi connectivity index (χ0) is 18.3. The Labute approximate surface area is 183 Å². The minimum absolute atomic E-state index is 0. The van der Waals surface area contributed by atoms with Gasteiger partial charge < -0.3 is 43.1 Å². The number of nitro groups is 2. The van der Waals surface area contributed by atoms with Crippen molar-refractivity contribution >= 4 is 23.3 Å². The standard InChI is InChI=1S/2C7H5NO4.Co.6H2O/c2*9-7(10)5-1-3-6(4-2-5)8(11)12;;;;;;;/h2*1-4H,(H,9,10);;6*1H2. The molecule has 17 heteroatoms. The zero-order valence-electron chi connectivity index (χ0n) is 15.2. The van der Waals surface area contributed by atoms with Gasteiger partial charge in [0.1, 0.15) is 0 Å². The molecular weight excluding hydrogens is 479 g/mol. The van der Waals surface area contributed by atoms with Gasteiger partial charge in [-0.2, -0.15) is 0 Å². The van der Waals surface area contributed by atoms with Gasteiger partial charge in [-0.1, -0.05) is 0 Å². The van der Waals surface area contributed by atoms with E-state index in [1.165, 1.54) is 24.3 Å². The second kappa shape index (κ2) is 21.2. The van der Waals surface area contributed by atoms with Crippen molar-refractivity contribution in [1.29, 1.82) is 0 Å². The molecule has 0 aliphatic carbocycles. The third-order valence-corrected chi connectivity index (χ3v) is 2.65. The molecule has 0 heterocycles. The van der Waals surface area contributed by atoms with Gasteiger partial charge in [0.05, 0.1) is 21.0 Å². The van der Waals surface area contributed by atoms with Crippen LogP contribution in [0.4, 0.5) is 11.4 Å². The quantitative estimate of drug-likeness (QED) is 0.336. The number of carbonyl (C=O) groups is 2. The van der Waals surface area contributed by atoms with Crippen LogP contribution in [0.3, 0.4) is 0 Å². The van der Waals surface area contributed by atoms with Crippen molar-refractivity contribution in [2.24, 2.45) is 0 Å². The number of hydrogen-bond acceptors (Lipinski definition) is 6. The predicted octanol–water partition coefficient (Wildman–Crippen LogP) is -2.36. The topological polar surface area (TPSA) is 350 Å². The van der Waals surface area contributed by atoms with Crippen molar-refractivity contribution in [3.63, 3.8) is 0 Å². The third-order valence-electron chi connectivity index (χ3n) is 2.65. The van der Waals surface area contributed by atoms with Gasteiger partial charge in [0.15, 0.2) is 0 Å². The van der Waals surface area contributed by atoms with Crippen molar-refractivity contribution in [3.05, 3.63) is 79.9 Å². The molecule has 0 saturated heterocycles. The Morgan fingerprint density at radius 1 is 0.581 bits per heavy atom. The molecule has 14 N–H and O–H groups in total. The number of hydrogen-bond donors (Lipinski definition) is 2. The fourth-order valence-corrected chi connectivity index (χ4v) is 1.45. The molecular formula is C14H22CoN2O14. The van der Waals surface area contributed by atoms with E-state index in [1.807, 2.05) is 0 Å². The first-order valence-electron chi connectivity index (χ1n) is 6.18. The fraction of sp³-hybridized carbons (Fsp3) is 0. The van der Waals surface area contributed by atoms with E-state index in [1.54, 1.807) is 0 Å². The average Bonchev–Trinajstić information content (AvgIpc) is 2.55. The van der Waals surface area contributed by atoms with Crippen LogP contribution in [0.5, 0.6) is 0 Å². The minimum Gasteiger partial charge on any atom is -0.478 e. The largest absolute Gasteiger partial charge is 0.478 e. The van der Waals surface area contributed by atoms with Gasteiger partial charge in [0, 0.05) is 41.0 Å². The van der Waals surface area contributed by atoms with Crippen LogP contribution in [-0.4, -0.2) is 64.9 Å². The smallest absolute Gasteiger partial charge is 0.335 e. The molecule has 2 aromatic carbocycles. The molecule has 0 atom stereocenters. The van der Waals surface area contributed by atoms with Crippen LogP contribution in [0.25, 0.3) is 0 Å². The summed E-state index contributed by atoms with van der Waals surface area (Å²) in [6.07, 6.45) is 0. The molecule has 0 aliphatic heterocycles. The van der Waals surface area contributed by atoms with E-state index in [0.717, 1.165) is 24.3 Å². The normalized spacial score (nSPS) is 7.23.